The lowest BCUT2D eigenvalue weighted by molar-refractivity contribution is -0.0400. The molecule has 0 N–H and O–H groups in total. The van der Waals surface area contributed by atoms with Crippen molar-refractivity contribution in [2.24, 2.45) is 5.92 Å². The van der Waals surface area contributed by atoms with Gasteiger partial charge in [-0.2, -0.15) is 0 Å². The highest BCUT2D eigenvalue weighted by Gasteiger charge is 2.30. The van der Waals surface area contributed by atoms with E-state index in [9.17, 15) is 0 Å². The minimum absolute atomic E-state index is 0.423. The Kier molecular flexibility index (Phi) is 4.48. The highest BCUT2D eigenvalue weighted by atomic mass is 79.9. The van der Waals surface area contributed by atoms with Gasteiger partial charge in [0.2, 0.25) is 0 Å². The molecule has 2 aromatic rings. The topological polar surface area (TPSA) is 22.1 Å². The molecule has 1 aromatic carbocycles. The molecule has 2 nitrogen and oxygen atoms in total. The summed E-state index contributed by atoms with van der Waals surface area (Å²) in [6, 6.07) is 16.5. The minimum atomic E-state index is 0.423. The molecule has 1 aliphatic carbocycles. The molecule has 0 radical (unpaired) electrons. The van der Waals surface area contributed by atoms with Crippen LogP contribution in [-0.2, 0) is 17.8 Å². The van der Waals surface area contributed by atoms with Crippen molar-refractivity contribution >= 4 is 15.9 Å². The summed E-state index contributed by atoms with van der Waals surface area (Å²) in [5.74, 6) is 0.720. The molecule has 1 fully saturated rings. The lowest BCUT2D eigenvalue weighted by Gasteiger charge is -2.35. The van der Waals surface area contributed by atoms with Gasteiger partial charge in [-0.15, -0.1) is 0 Å². The fraction of sp³-hybridized carbons (Fsp3) is 0.353. The van der Waals surface area contributed by atoms with Gasteiger partial charge in [-0.25, -0.2) is 4.98 Å². The van der Waals surface area contributed by atoms with E-state index in [2.05, 4.69) is 57.3 Å². The van der Waals surface area contributed by atoms with Crippen molar-refractivity contribution in [2.75, 3.05) is 0 Å². The maximum atomic E-state index is 5.93. The minimum Gasteiger partial charge on any atom is -0.374 e. The lowest BCUT2D eigenvalue weighted by Crippen LogP contribution is -2.32. The van der Waals surface area contributed by atoms with Crippen LogP contribution in [0, 0.1) is 5.92 Å². The molecule has 3 rings (SSSR count). The molecule has 0 saturated heterocycles. The first-order valence-electron chi connectivity index (χ1n) is 7.06. The zero-order chi connectivity index (χ0) is 13.8. The van der Waals surface area contributed by atoms with Gasteiger partial charge in [-0.1, -0.05) is 36.4 Å². The standard InChI is InChI=1S/C17H18BrNO/c18-17-8-4-7-15(19-17)9-14-10-16(11-14)20-12-13-5-2-1-3-6-13/h1-8,14,16H,9-12H2. The first-order chi connectivity index (χ1) is 9.79. The van der Waals surface area contributed by atoms with Gasteiger partial charge in [-0.3, -0.25) is 0 Å². The Morgan fingerprint density at radius 3 is 2.60 bits per heavy atom. The molecule has 3 heteroatoms. The second-order valence-corrected chi connectivity index (χ2v) is 6.22. The molecule has 0 bridgehead atoms. The molecule has 20 heavy (non-hydrogen) atoms. The van der Waals surface area contributed by atoms with Crippen LogP contribution in [0.5, 0.6) is 0 Å². The number of hydrogen-bond donors (Lipinski definition) is 0. The molecule has 1 heterocycles. The van der Waals surface area contributed by atoms with Gasteiger partial charge in [0.25, 0.3) is 0 Å². The Morgan fingerprint density at radius 2 is 1.85 bits per heavy atom. The number of pyridine rings is 1. The van der Waals surface area contributed by atoms with Gasteiger partial charge in [0, 0.05) is 5.69 Å². The lowest BCUT2D eigenvalue weighted by atomic mass is 9.79. The summed E-state index contributed by atoms with van der Waals surface area (Å²) in [6.45, 7) is 0.730. The molecule has 0 atom stereocenters. The molecular weight excluding hydrogens is 314 g/mol. The number of nitrogens with zero attached hydrogens (tertiary/aromatic N) is 1. The third-order valence-corrected chi connectivity index (χ3v) is 4.23. The van der Waals surface area contributed by atoms with Gasteiger partial charge in [-0.05, 0) is 58.8 Å². The van der Waals surface area contributed by atoms with E-state index in [-0.39, 0.29) is 0 Å². The molecule has 104 valence electrons. The Bertz CT molecular complexity index is 552. The molecule has 0 unspecified atom stereocenters. The number of aromatic nitrogens is 1. The van der Waals surface area contributed by atoms with Crippen molar-refractivity contribution in [2.45, 2.75) is 32.0 Å². The van der Waals surface area contributed by atoms with E-state index in [1.54, 1.807) is 0 Å². The van der Waals surface area contributed by atoms with Crippen LogP contribution in [0.3, 0.4) is 0 Å². The van der Waals surface area contributed by atoms with Crippen LogP contribution < -0.4 is 0 Å². The monoisotopic (exact) mass is 331 g/mol. The second-order valence-electron chi connectivity index (χ2n) is 5.41. The van der Waals surface area contributed by atoms with E-state index in [0.29, 0.717) is 6.10 Å². The number of halogens is 1. The Hall–Kier alpha value is -1.19. The van der Waals surface area contributed by atoms with Crippen molar-refractivity contribution < 1.29 is 4.74 Å². The van der Waals surface area contributed by atoms with Crippen LogP contribution in [0.25, 0.3) is 0 Å². The van der Waals surface area contributed by atoms with Crippen LogP contribution >= 0.6 is 15.9 Å². The molecule has 1 aliphatic rings. The summed E-state index contributed by atoms with van der Waals surface area (Å²) >= 11 is 3.42. The van der Waals surface area contributed by atoms with Gasteiger partial charge in [0.1, 0.15) is 4.60 Å². The largest absolute Gasteiger partial charge is 0.374 e. The van der Waals surface area contributed by atoms with E-state index in [4.69, 9.17) is 4.74 Å². The average molecular weight is 332 g/mol. The molecule has 0 spiro atoms. The highest BCUT2D eigenvalue weighted by Crippen LogP contribution is 2.33. The summed E-state index contributed by atoms with van der Waals surface area (Å²) in [7, 11) is 0. The maximum absolute atomic E-state index is 5.93. The van der Waals surface area contributed by atoms with E-state index in [0.717, 1.165) is 36.4 Å². The summed E-state index contributed by atoms with van der Waals surface area (Å²) in [5, 5.41) is 0. The number of ether oxygens (including phenoxy) is 1. The van der Waals surface area contributed by atoms with Gasteiger partial charge in [0.15, 0.2) is 0 Å². The Labute approximate surface area is 128 Å². The number of benzene rings is 1. The van der Waals surface area contributed by atoms with Crippen molar-refractivity contribution in [3.63, 3.8) is 0 Å². The van der Waals surface area contributed by atoms with Crippen molar-refractivity contribution in [1.29, 1.82) is 0 Å². The second kappa shape index (κ2) is 6.51. The first kappa shape index (κ1) is 13.8. The summed E-state index contributed by atoms with van der Waals surface area (Å²) in [6.07, 6.45) is 3.79. The zero-order valence-corrected chi connectivity index (χ0v) is 12.9. The molecular formula is C17H18BrNO. The van der Waals surface area contributed by atoms with Crippen molar-refractivity contribution in [3.05, 3.63) is 64.4 Å². The average Bonchev–Trinajstić information content (AvgIpc) is 2.42. The SMILES string of the molecule is Brc1cccc(CC2CC(OCc3ccccc3)C2)n1. The van der Waals surface area contributed by atoms with E-state index < -0.39 is 0 Å². The first-order valence-corrected chi connectivity index (χ1v) is 7.86. The molecule has 1 aromatic heterocycles. The predicted molar refractivity (Wildman–Crippen MR) is 83.4 cm³/mol. The van der Waals surface area contributed by atoms with Crippen LogP contribution in [0.15, 0.2) is 53.1 Å². The quantitative estimate of drug-likeness (QED) is 0.758. The zero-order valence-electron chi connectivity index (χ0n) is 11.3. The third kappa shape index (κ3) is 3.68. The van der Waals surface area contributed by atoms with E-state index in [1.807, 2.05) is 12.1 Å². The summed E-state index contributed by atoms with van der Waals surface area (Å²) in [4.78, 5) is 4.49. The molecule has 0 amide bonds. The Balaban J connectivity index is 1.41. The van der Waals surface area contributed by atoms with Gasteiger partial charge >= 0.3 is 0 Å². The smallest absolute Gasteiger partial charge is 0.106 e. The third-order valence-electron chi connectivity index (χ3n) is 3.79. The van der Waals surface area contributed by atoms with Crippen LogP contribution in [-0.4, -0.2) is 11.1 Å². The molecule has 0 aliphatic heterocycles. The van der Waals surface area contributed by atoms with E-state index >= 15 is 0 Å². The van der Waals surface area contributed by atoms with Gasteiger partial charge in [0.05, 0.1) is 12.7 Å². The van der Waals surface area contributed by atoms with Crippen molar-refractivity contribution in [1.82, 2.24) is 4.98 Å². The van der Waals surface area contributed by atoms with Gasteiger partial charge < -0.3 is 4.74 Å². The maximum Gasteiger partial charge on any atom is 0.106 e. The normalized spacial score (nSPS) is 21.4. The van der Waals surface area contributed by atoms with Crippen LogP contribution in [0.2, 0.25) is 0 Å². The summed E-state index contributed by atoms with van der Waals surface area (Å²) in [5.41, 5.74) is 2.43. The van der Waals surface area contributed by atoms with Crippen LogP contribution in [0.1, 0.15) is 24.1 Å². The number of hydrogen-bond acceptors (Lipinski definition) is 2. The fourth-order valence-corrected chi connectivity index (χ4v) is 3.01. The van der Waals surface area contributed by atoms with Crippen molar-refractivity contribution in [3.8, 4) is 0 Å². The van der Waals surface area contributed by atoms with E-state index in [1.165, 1.54) is 11.3 Å². The number of rotatable bonds is 5. The highest BCUT2D eigenvalue weighted by molar-refractivity contribution is 9.10. The predicted octanol–water partition coefficient (Wildman–Crippen LogP) is 4.38. The van der Waals surface area contributed by atoms with Crippen LogP contribution in [0.4, 0.5) is 0 Å². The molecule has 1 saturated carbocycles. The Morgan fingerprint density at radius 1 is 1.05 bits per heavy atom. The fourth-order valence-electron chi connectivity index (χ4n) is 2.63. The summed E-state index contributed by atoms with van der Waals surface area (Å²) < 4.78 is 6.85.